The largest absolute Gasteiger partial charge is 0.354 e. The summed E-state index contributed by atoms with van der Waals surface area (Å²) in [5.74, 6) is -0.119. The van der Waals surface area contributed by atoms with Crippen LogP contribution in [-0.2, 0) is 4.79 Å². The maximum absolute atomic E-state index is 13.0. The third-order valence-electron chi connectivity index (χ3n) is 4.54. The van der Waals surface area contributed by atoms with Gasteiger partial charge in [0.05, 0.1) is 0 Å². The number of nitrogens with zero attached hydrogens (tertiary/aromatic N) is 2. The lowest BCUT2D eigenvalue weighted by Crippen LogP contribution is -2.49. The van der Waals surface area contributed by atoms with Crippen LogP contribution in [0.4, 0.5) is 0 Å². The molecule has 1 fully saturated rings. The molecule has 1 aromatic heterocycles. The molecule has 1 unspecified atom stereocenters. The second-order valence-corrected chi connectivity index (χ2v) is 7.25. The molecule has 2 aromatic rings. The van der Waals surface area contributed by atoms with Crippen LogP contribution in [0.2, 0.25) is 0 Å². The molecule has 9 heteroatoms. The minimum absolute atomic E-state index is 0. The number of carbonyl (C=O) groups is 2. The van der Waals surface area contributed by atoms with Crippen molar-refractivity contribution in [2.45, 2.75) is 31.7 Å². The first kappa shape index (κ1) is 24.4. The number of benzene rings is 1. The monoisotopic (exact) mass is 444 g/mol. The molecule has 2 amide bonds. The van der Waals surface area contributed by atoms with E-state index >= 15 is 0 Å². The molecule has 3 N–H and O–H groups in total. The Kier molecular flexibility index (Phi) is 10.5. The smallest absolute Gasteiger partial charge is 0.273 e. The van der Waals surface area contributed by atoms with E-state index in [1.165, 1.54) is 11.3 Å². The zero-order valence-electron chi connectivity index (χ0n) is 15.5. The van der Waals surface area contributed by atoms with Crippen molar-refractivity contribution < 1.29 is 9.59 Å². The summed E-state index contributed by atoms with van der Waals surface area (Å²) in [4.78, 5) is 31.0. The van der Waals surface area contributed by atoms with Crippen molar-refractivity contribution in [2.24, 2.45) is 5.73 Å². The predicted molar refractivity (Wildman–Crippen MR) is 117 cm³/mol. The standard InChI is InChI=1S/C19H24N4O2S.2ClH/c20-10-9-17(24)21-12-15-8-4-5-11-23(15)19(25)16-13-26-18(22-16)14-6-2-1-3-7-14;;/h1-3,6-7,13,15H,4-5,8-12,20H2,(H,21,24);2*1H. The number of hydrogen-bond acceptors (Lipinski definition) is 5. The SMILES string of the molecule is Cl.Cl.NCCC(=O)NCC1CCCCN1C(=O)c1csc(-c2ccccc2)n1. The molecule has 1 aliphatic rings. The zero-order valence-corrected chi connectivity index (χ0v) is 18.0. The highest BCUT2D eigenvalue weighted by Gasteiger charge is 2.29. The lowest BCUT2D eigenvalue weighted by atomic mass is 10.0. The minimum Gasteiger partial charge on any atom is -0.354 e. The highest BCUT2D eigenvalue weighted by molar-refractivity contribution is 7.13. The molecule has 154 valence electrons. The van der Waals surface area contributed by atoms with E-state index in [1.54, 1.807) is 0 Å². The van der Waals surface area contributed by atoms with Crippen LogP contribution in [0.1, 0.15) is 36.2 Å². The third kappa shape index (κ3) is 6.17. The van der Waals surface area contributed by atoms with Crippen molar-refractivity contribution in [3.8, 4) is 10.6 Å². The van der Waals surface area contributed by atoms with Crippen LogP contribution in [0.5, 0.6) is 0 Å². The first-order chi connectivity index (χ1) is 12.7. The van der Waals surface area contributed by atoms with Crippen molar-refractivity contribution in [1.82, 2.24) is 15.2 Å². The maximum Gasteiger partial charge on any atom is 0.273 e. The fourth-order valence-corrected chi connectivity index (χ4v) is 3.96. The Morgan fingerprint density at radius 3 is 2.68 bits per heavy atom. The number of hydrogen-bond donors (Lipinski definition) is 2. The average molecular weight is 445 g/mol. The molecule has 0 saturated carbocycles. The topological polar surface area (TPSA) is 88.3 Å². The third-order valence-corrected chi connectivity index (χ3v) is 5.43. The average Bonchev–Trinajstić information content (AvgIpc) is 3.17. The lowest BCUT2D eigenvalue weighted by Gasteiger charge is -2.35. The number of carbonyl (C=O) groups excluding carboxylic acids is 2. The molecule has 0 bridgehead atoms. The van der Waals surface area contributed by atoms with Crippen LogP contribution in [0.15, 0.2) is 35.7 Å². The summed E-state index contributed by atoms with van der Waals surface area (Å²) in [7, 11) is 0. The normalized spacial score (nSPS) is 15.9. The Bertz CT molecular complexity index is 757. The van der Waals surface area contributed by atoms with Gasteiger partial charge in [-0.2, -0.15) is 0 Å². The van der Waals surface area contributed by atoms with Gasteiger partial charge in [0.15, 0.2) is 0 Å². The Labute approximate surface area is 181 Å². The van der Waals surface area contributed by atoms with Crippen LogP contribution in [0.3, 0.4) is 0 Å². The van der Waals surface area contributed by atoms with Gasteiger partial charge >= 0.3 is 0 Å². The first-order valence-electron chi connectivity index (χ1n) is 8.97. The Morgan fingerprint density at radius 2 is 1.96 bits per heavy atom. The number of amides is 2. The first-order valence-corrected chi connectivity index (χ1v) is 9.85. The van der Waals surface area contributed by atoms with E-state index in [2.05, 4.69) is 10.3 Å². The highest BCUT2D eigenvalue weighted by Crippen LogP contribution is 2.25. The van der Waals surface area contributed by atoms with Gasteiger partial charge in [-0.25, -0.2) is 4.98 Å². The van der Waals surface area contributed by atoms with Gasteiger partial charge in [-0.3, -0.25) is 9.59 Å². The Morgan fingerprint density at radius 1 is 1.21 bits per heavy atom. The van der Waals surface area contributed by atoms with Gasteiger partial charge in [0.2, 0.25) is 5.91 Å². The molecule has 2 heterocycles. The van der Waals surface area contributed by atoms with E-state index in [0.29, 0.717) is 31.7 Å². The second kappa shape index (κ2) is 12.0. The van der Waals surface area contributed by atoms with E-state index in [-0.39, 0.29) is 42.7 Å². The lowest BCUT2D eigenvalue weighted by molar-refractivity contribution is -0.121. The molecule has 0 radical (unpaired) electrons. The number of rotatable bonds is 6. The maximum atomic E-state index is 13.0. The number of thiazole rings is 1. The van der Waals surface area contributed by atoms with Gasteiger partial charge in [0.1, 0.15) is 10.7 Å². The molecule has 6 nitrogen and oxygen atoms in total. The second-order valence-electron chi connectivity index (χ2n) is 6.39. The molecular weight excluding hydrogens is 419 g/mol. The molecular formula is C19H26Cl2N4O2S. The summed E-state index contributed by atoms with van der Waals surface area (Å²) in [5.41, 5.74) is 6.90. The molecule has 28 heavy (non-hydrogen) atoms. The van der Waals surface area contributed by atoms with Crippen molar-refractivity contribution in [1.29, 1.82) is 0 Å². The van der Waals surface area contributed by atoms with Gasteiger partial charge in [0, 0.05) is 43.0 Å². The summed E-state index contributed by atoms with van der Waals surface area (Å²) in [5, 5.41) is 5.56. The van der Waals surface area contributed by atoms with E-state index in [0.717, 1.165) is 29.8 Å². The highest BCUT2D eigenvalue weighted by atomic mass is 35.5. The fraction of sp³-hybridized carbons (Fsp3) is 0.421. The molecule has 1 aromatic carbocycles. The minimum atomic E-state index is -0.0644. The molecule has 1 saturated heterocycles. The van der Waals surface area contributed by atoms with Crippen molar-refractivity contribution in [3.05, 3.63) is 41.4 Å². The van der Waals surface area contributed by atoms with E-state index < -0.39 is 0 Å². The number of piperidine rings is 1. The summed E-state index contributed by atoms with van der Waals surface area (Å²) in [6.07, 6.45) is 3.25. The zero-order chi connectivity index (χ0) is 18.4. The molecule has 1 aliphatic heterocycles. The van der Waals surface area contributed by atoms with Gasteiger partial charge in [-0.05, 0) is 19.3 Å². The van der Waals surface area contributed by atoms with Crippen LogP contribution in [0, 0.1) is 0 Å². The van der Waals surface area contributed by atoms with Gasteiger partial charge in [-0.15, -0.1) is 36.2 Å². The molecule has 0 aliphatic carbocycles. The quantitative estimate of drug-likeness (QED) is 0.715. The molecule has 0 spiro atoms. The number of nitrogens with one attached hydrogen (secondary N) is 1. The number of aromatic nitrogens is 1. The summed E-state index contributed by atoms with van der Waals surface area (Å²) in [6.45, 7) is 1.51. The van der Waals surface area contributed by atoms with Crippen molar-refractivity contribution >= 4 is 48.0 Å². The van der Waals surface area contributed by atoms with Crippen LogP contribution >= 0.6 is 36.2 Å². The van der Waals surface area contributed by atoms with E-state index in [4.69, 9.17) is 5.73 Å². The number of halogens is 2. The van der Waals surface area contributed by atoms with Gasteiger partial charge < -0.3 is 16.0 Å². The van der Waals surface area contributed by atoms with E-state index in [1.807, 2.05) is 40.6 Å². The summed E-state index contributed by atoms with van der Waals surface area (Å²) in [6, 6.07) is 9.87. The summed E-state index contributed by atoms with van der Waals surface area (Å²) < 4.78 is 0. The van der Waals surface area contributed by atoms with Crippen LogP contribution < -0.4 is 11.1 Å². The fourth-order valence-electron chi connectivity index (χ4n) is 3.16. The Hall–Kier alpha value is -1.67. The van der Waals surface area contributed by atoms with Crippen LogP contribution in [-0.4, -0.2) is 47.4 Å². The van der Waals surface area contributed by atoms with E-state index in [9.17, 15) is 9.59 Å². The van der Waals surface area contributed by atoms with Gasteiger partial charge in [-0.1, -0.05) is 30.3 Å². The predicted octanol–water partition coefficient (Wildman–Crippen LogP) is 3.11. The molecule has 1 atom stereocenters. The Balaban J connectivity index is 0.00000196. The number of likely N-dealkylation sites (tertiary alicyclic amines) is 1. The van der Waals surface area contributed by atoms with Crippen LogP contribution in [0.25, 0.3) is 10.6 Å². The van der Waals surface area contributed by atoms with Crippen molar-refractivity contribution in [3.63, 3.8) is 0 Å². The summed E-state index contributed by atoms with van der Waals surface area (Å²) >= 11 is 1.48. The number of nitrogens with two attached hydrogens (primary N) is 1. The van der Waals surface area contributed by atoms with Gasteiger partial charge in [0.25, 0.3) is 5.91 Å². The molecule has 3 rings (SSSR count). The van der Waals surface area contributed by atoms with Crippen molar-refractivity contribution in [2.75, 3.05) is 19.6 Å².